The average Bonchev–Trinajstić information content (AvgIpc) is 3.00. The molecule has 262 valence electrons. The molecule has 3 aromatic rings. The van der Waals surface area contributed by atoms with Crippen molar-refractivity contribution in [3.63, 3.8) is 0 Å². The number of hydrogen-bond donors (Lipinski definition) is 6. The molecule has 0 unspecified atom stereocenters. The molecule has 2 heterocycles. The zero-order valence-electron chi connectivity index (χ0n) is 25.5. The Morgan fingerprint density at radius 1 is 0.917 bits per heavy atom. The number of aryl methyl sites for hydroxylation is 2. The van der Waals surface area contributed by atoms with Gasteiger partial charge in [0.1, 0.15) is 12.4 Å². The van der Waals surface area contributed by atoms with Crippen molar-refractivity contribution in [3.8, 4) is 5.75 Å². The minimum Gasteiger partial charge on any atom is -0.489 e. The van der Waals surface area contributed by atoms with Gasteiger partial charge in [0, 0.05) is 22.2 Å². The molecule has 12 nitrogen and oxygen atoms in total. The number of amides is 2. The Morgan fingerprint density at radius 3 is 2.00 bits per heavy atom. The van der Waals surface area contributed by atoms with Crippen LogP contribution < -0.4 is 20.9 Å². The van der Waals surface area contributed by atoms with E-state index in [1.165, 1.54) is 0 Å². The van der Waals surface area contributed by atoms with E-state index < -0.39 is 35.7 Å². The Kier molecular flexibility index (Phi) is 13.7. The number of hydroxylamine groups is 1. The summed E-state index contributed by atoms with van der Waals surface area (Å²) in [7, 11) is 0. The predicted molar refractivity (Wildman–Crippen MR) is 156 cm³/mol. The van der Waals surface area contributed by atoms with Gasteiger partial charge in [-0.2, -0.15) is 26.3 Å². The number of nitrogens with one attached hydrogen (secondary N) is 3. The summed E-state index contributed by atoms with van der Waals surface area (Å²) in [5.74, 6) is -5.58. The third-order valence-electron chi connectivity index (χ3n) is 6.80. The van der Waals surface area contributed by atoms with Crippen LogP contribution in [0.2, 0.25) is 0 Å². The maximum atomic E-state index is 13.0. The number of carbonyl (C=O) groups excluding carboxylic acids is 2. The van der Waals surface area contributed by atoms with Gasteiger partial charge in [0.05, 0.1) is 17.5 Å². The lowest BCUT2D eigenvalue weighted by molar-refractivity contribution is -0.193. The molecular formula is C30H32F6N4O8. The smallest absolute Gasteiger partial charge is 0.489 e. The van der Waals surface area contributed by atoms with Crippen LogP contribution in [-0.2, 0) is 21.0 Å². The molecule has 18 heteroatoms. The summed E-state index contributed by atoms with van der Waals surface area (Å²) in [6, 6.07) is 15.3. The highest BCUT2D eigenvalue weighted by atomic mass is 19.4. The maximum Gasteiger partial charge on any atom is 0.490 e. The van der Waals surface area contributed by atoms with Gasteiger partial charge < -0.3 is 25.6 Å². The van der Waals surface area contributed by atoms with Crippen molar-refractivity contribution in [1.29, 1.82) is 0 Å². The van der Waals surface area contributed by atoms with Crippen molar-refractivity contribution >= 4 is 34.7 Å². The number of alkyl halides is 6. The molecular weight excluding hydrogens is 658 g/mol. The van der Waals surface area contributed by atoms with E-state index in [4.69, 9.17) is 29.7 Å². The Labute approximate surface area is 269 Å². The van der Waals surface area contributed by atoms with Crippen LogP contribution >= 0.6 is 0 Å². The first-order valence-electron chi connectivity index (χ1n) is 13.9. The summed E-state index contributed by atoms with van der Waals surface area (Å²) in [6.07, 6.45) is -8.94. The van der Waals surface area contributed by atoms with E-state index in [1.54, 1.807) is 23.7 Å². The van der Waals surface area contributed by atoms with E-state index in [0.717, 1.165) is 27.7 Å². The molecule has 48 heavy (non-hydrogen) atoms. The topological polar surface area (TPSA) is 187 Å². The molecule has 1 aromatic heterocycles. The number of pyridine rings is 1. The fourth-order valence-electron chi connectivity index (χ4n) is 4.53. The molecule has 2 amide bonds. The Hall–Kier alpha value is -4.97. The summed E-state index contributed by atoms with van der Waals surface area (Å²) in [6.45, 7) is 5.64. The lowest BCUT2D eigenvalue weighted by Gasteiger charge is -2.37. The van der Waals surface area contributed by atoms with Crippen LogP contribution in [0, 0.1) is 13.8 Å². The van der Waals surface area contributed by atoms with Crippen LogP contribution in [0.15, 0.2) is 48.5 Å². The summed E-state index contributed by atoms with van der Waals surface area (Å²) < 4.78 is 69.6. The van der Waals surface area contributed by atoms with Gasteiger partial charge in [-0.3, -0.25) is 19.8 Å². The normalized spacial score (nSPS) is 13.9. The van der Waals surface area contributed by atoms with Gasteiger partial charge in [0.15, 0.2) is 0 Å². The quantitative estimate of drug-likeness (QED) is 0.118. The van der Waals surface area contributed by atoms with Crippen LogP contribution in [0.25, 0.3) is 10.9 Å². The predicted octanol–water partition coefficient (Wildman–Crippen LogP) is 4.44. The molecule has 1 saturated heterocycles. The molecule has 1 aliphatic heterocycles. The van der Waals surface area contributed by atoms with E-state index in [2.05, 4.69) is 15.6 Å². The van der Waals surface area contributed by atoms with E-state index in [1.807, 2.05) is 44.2 Å². The lowest BCUT2D eigenvalue weighted by atomic mass is 9.84. The number of halogens is 6. The second-order valence-corrected chi connectivity index (χ2v) is 10.5. The molecule has 0 saturated carbocycles. The summed E-state index contributed by atoms with van der Waals surface area (Å²) in [4.78, 5) is 47.2. The number of benzene rings is 2. The molecule has 0 spiro atoms. The lowest BCUT2D eigenvalue weighted by Crippen LogP contribution is -2.56. The van der Waals surface area contributed by atoms with Crippen LogP contribution in [0.5, 0.6) is 5.75 Å². The number of aliphatic carboxylic acids is 2. The van der Waals surface area contributed by atoms with E-state index in [9.17, 15) is 35.9 Å². The van der Waals surface area contributed by atoms with Gasteiger partial charge in [-0.25, -0.2) is 15.1 Å². The van der Waals surface area contributed by atoms with Crippen molar-refractivity contribution in [2.24, 2.45) is 0 Å². The minimum atomic E-state index is -5.08. The summed E-state index contributed by atoms with van der Waals surface area (Å²) in [5, 5.41) is 30.5. The maximum absolute atomic E-state index is 13.0. The first kappa shape index (κ1) is 39.2. The summed E-state index contributed by atoms with van der Waals surface area (Å²) >= 11 is 0. The third kappa shape index (κ3) is 12.0. The number of carboxylic acids is 2. The highest BCUT2D eigenvalue weighted by molar-refractivity contribution is 5.95. The molecule has 2 aromatic carbocycles. The Morgan fingerprint density at radius 2 is 1.48 bits per heavy atom. The van der Waals surface area contributed by atoms with Gasteiger partial charge >= 0.3 is 24.3 Å². The summed E-state index contributed by atoms with van der Waals surface area (Å²) in [5.41, 5.74) is 5.25. The van der Waals surface area contributed by atoms with E-state index in [0.29, 0.717) is 43.9 Å². The molecule has 0 aliphatic carbocycles. The number of piperidine rings is 1. The van der Waals surface area contributed by atoms with Crippen LogP contribution in [0.3, 0.4) is 0 Å². The van der Waals surface area contributed by atoms with Crippen LogP contribution in [0.4, 0.5) is 26.3 Å². The molecule has 0 bridgehead atoms. The number of carbonyl (C=O) groups is 4. The van der Waals surface area contributed by atoms with Crippen molar-refractivity contribution in [3.05, 3.63) is 70.9 Å². The number of para-hydroxylation sites is 1. The van der Waals surface area contributed by atoms with Gasteiger partial charge in [-0.05, 0) is 75.7 Å². The molecule has 4 rings (SSSR count). The molecule has 6 N–H and O–H groups in total. The highest BCUT2D eigenvalue weighted by Gasteiger charge is 2.39. The SMILES string of the molecule is Cc1cc(COc2ccc(C(=O)NC3(CC(=O)NO)CCNCC3)cc2C)c2ccccc2n1.O=C(O)C(F)(F)F.O=C(O)C(F)(F)F. The molecule has 1 fully saturated rings. The highest BCUT2D eigenvalue weighted by Crippen LogP contribution is 2.26. The Balaban J connectivity index is 0.000000479. The molecule has 0 atom stereocenters. The van der Waals surface area contributed by atoms with Crippen LogP contribution in [-0.4, -0.2) is 75.1 Å². The fraction of sp³-hybridized carbons (Fsp3) is 0.367. The van der Waals surface area contributed by atoms with Crippen molar-refractivity contribution in [2.45, 2.75) is 57.6 Å². The van der Waals surface area contributed by atoms with Gasteiger partial charge in [0.2, 0.25) is 5.91 Å². The monoisotopic (exact) mass is 690 g/mol. The van der Waals surface area contributed by atoms with Crippen molar-refractivity contribution in [2.75, 3.05) is 13.1 Å². The zero-order chi connectivity index (χ0) is 36.3. The zero-order valence-corrected chi connectivity index (χ0v) is 25.5. The number of aromatic nitrogens is 1. The van der Waals surface area contributed by atoms with Crippen molar-refractivity contribution in [1.82, 2.24) is 21.1 Å². The van der Waals surface area contributed by atoms with E-state index >= 15 is 0 Å². The van der Waals surface area contributed by atoms with E-state index in [-0.39, 0.29) is 12.3 Å². The van der Waals surface area contributed by atoms with Crippen LogP contribution in [0.1, 0.15) is 46.4 Å². The third-order valence-corrected chi connectivity index (χ3v) is 6.80. The number of carboxylic acid groups (broad SMARTS) is 2. The molecule has 0 radical (unpaired) electrons. The number of rotatable bonds is 7. The fourth-order valence-corrected chi connectivity index (χ4v) is 4.53. The first-order valence-corrected chi connectivity index (χ1v) is 13.9. The van der Waals surface area contributed by atoms with Gasteiger partial charge in [-0.15, -0.1) is 0 Å². The standard InChI is InChI=1S/C26H30N4O4.2C2HF3O2/c1-17-13-19(25(32)29-26(15-24(31)30-33)9-11-27-12-10-26)7-8-23(17)34-16-20-14-18(2)28-22-6-4-3-5-21(20)22;2*3-2(4,5)1(6)7/h3-8,13-14,27,33H,9-12,15-16H2,1-2H3,(H,29,32)(H,30,31);2*(H,6,7). The first-order chi connectivity index (χ1) is 22.3. The average molecular weight is 691 g/mol. The van der Waals surface area contributed by atoms with Crippen molar-refractivity contribution < 1.29 is 65.7 Å². The number of ether oxygens (including phenoxy) is 1. The minimum absolute atomic E-state index is 0.0242. The van der Waals surface area contributed by atoms with Gasteiger partial charge in [-0.1, -0.05) is 18.2 Å². The Bertz CT molecular complexity index is 1580. The second kappa shape index (κ2) is 16.7. The number of fused-ring (bicyclic) bond motifs is 1. The van der Waals surface area contributed by atoms with Gasteiger partial charge in [0.25, 0.3) is 5.91 Å². The number of nitrogens with zero attached hydrogens (tertiary/aromatic N) is 1. The molecule has 1 aliphatic rings. The largest absolute Gasteiger partial charge is 0.490 e. The second-order valence-electron chi connectivity index (χ2n) is 10.5. The number of hydrogen-bond acceptors (Lipinski definition) is 8.